The van der Waals surface area contributed by atoms with E-state index in [1.807, 2.05) is 26.1 Å². The third-order valence-corrected chi connectivity index (χ3v) is 10.6. The van der Waals surface area contributed by atoms with Gasteiger partial charge in [-0.05, 0) is 55.3 Å². The maximum Gasteiger partial charge on any atom is 0.291 e. The van der Waals surface area contributed by atoms with Crippen LogP contribution in [-0.4, -0.2) is 70.1 Å². The summed E-state index contributed by atoms with van der Waals surface area (Å²) in [7, 11) is 0. The van der Waals surface area contributed by atoms with E-state index in [0.29, 0.717) is 6.42 Å². The van der Waals surface area contributed by atoms with Crippen LogP contribution < -0.4 is 21.3 Å². The second-order valence-electron chi connectivity index (χ2n) is 14.8. The van der Waals surface area contributed by atoms with E-state index in [-0.39, 0.29) is 23.8 Å². The smallest absolute Gasteiger partial charge is 0.291 e. The maximum atomic E-state index is 14.5. The van der Waals surface area contributed by atoms with Crippen molar-refractivity contribution >= 4 is 35.2 Å². The molecule has 3 aliphatic carbocycles. The van der Waals surface area contributed by atoms with E-state index < -0.39 is 77.0 Å². The molecule has 1 heterocycles. The fraction of sp³-hybridized carbons (Fsp3) is 0.714. The molecular weight excluding hydrogens is 619 g/mol. The number of hydrogen-bond donors (Lipinski definition) is 4. The van der Waals surface area contributed by atoms with Crippen LogP contribution in [0.25, 0.3) is 0 Å². The predicted molar refractivity (Wildman–Crippen MR) is 175 cm³/mol. The number of halogens is 1. The van der Waals surface area contributed by atoms with E-state index in [9.17, 15) is 33.2 Å². The number of hydrogen-bond acceptors (Lipinski definition) is 8. The molecule has 5 atom stereocenters. The SMILES string of the molecule is CCC(NC(=O)C1C(C(=O)[C@@H](NC(=O)[C@@H](NC(=O)c2cnccn2)C2CCCCC2)C(C)(C)C)CC12CCCCC2)C(=O)C(=O)NCF. The average Bonchev–Trinajstić information content (AvgIpc) is 3.07. The molecule has 1 aromatic rings. The van der Waals surface area contributed by atoms with Crippen LogP contribution in [-0.2, 0) is 24.0 Å². The van der Waals surface area contributed by atoms with Gasteiger partial charge < -0.3 is 21.3 Å². The summed E-state index contributed by atoms with van der Waals surface area (Å²) in [6.45, 7) is 5.99. The summed E-state index contributed by atoms with van der Waals surface area (Å²) in [6.07, 6.45) is 13.5. The Balaban J connectivity index is 1.58. The summed E-state index contributed by atoms with van der Waals surface area (Å²) < 4.78 is 12.7. The Morgan fingerprint density at radius 3 is 2.19 bits per heavy atom. The van der Waals surface area contributed by atoms with E-state index in [2.05, 4.69) is 25.9 Å². The second-order valence-corrected chi connectivity index (χ2v) is 14.8. The lowest BCUT2D eigenvalue weighted by atomic mass is 9.47. The number of carbonyl (C=O) groups excluding carboxylic acids is 6. The highest BCUT2D eigenvalue weighted by Gasteiger charge is 2.61. The topological polar surface area (TPSA) is 176 Å². The van der Waals surface area contributed by atoms with Gasteiger partial charge in [-0.25, -0.2) is 9.37 Å². The van der Waals surface area contributed by atoms with E-state index in [4.69, 9.17) is 0 Å². The summed E-state index contributed by atoms with van der Waals surface area (Å²) in [5, 5.41) is 10.4. The predicted octanol–water partition coefficient (Wildman–Crippen LogP) is 3.35. The fourth-order valence-electron chi connectivity index (χ4n) is 8.02. The van der Waals surface area contributed by atoms with Crippen LogP contribution >= 0.6 is 0 Å². The Labute approximate surface area is 282 Å². The number of carbonyl (C=O) groups is 6. The number of Topliss-reactive ketones (excluding diaryl/α,β-unsaturated/α-hetero) is 2. The molecule has 0 bridgehead atoms. The van der Waals surface area contributed by atoms with E-state index in [1.54, 1.807) is 6.92 Å². The highest BCUT2D eigenvalue weighted by atomic mass is 19.1. The van der Waals surface area contributed by atoms with Crippen molar-refractivity contribution in [3.05, 3.63) is 24.3 Å². The Morgan fingerprint density at radius 2 is 1.60 bits per heavy atom. The zero-order valence-electron chi connectivity index (χ0n) is 28.6. The molecule has 4 amide bonds. The van der Waals surface area contributed by atoms with Crippen molar-refractivity contribution in [2.45, 2.75) is 123 Å². The van der Waals surface area contributed by atoms with Crippen molar-refractivity contribution in [3.63, 3.8) is 0 Å². The molecule has 4 rings (SSSR count). The van der Waals surface area contributed by atoms with Crippen molar-refractivity contribution in [2.24, 2.45) is 28.6 Å². The summed E-state index contributed by atoms with van der Waals surface area (Å²) in [5.41, 5.74) is -1.07. The first-order valence-corrected chi connectivity index (χ1v) is 17.4. The molecule has 264 valence electrons. The number of rotatable bonds is 13. The lowest BCUT2D eigenvalue weighted by Crippen LogP contribution is -2.65. The number of nitrogens with zero attached hydrogens (tertiary/aromatic N) is 2. The highest BCUT2D eigenvalue weighted by Crippen LogP contribution is 2.60. The molecule has 3 fully saturated rings. The standard InChI is InChI=1S/C35H51FN6O6/c1-5-23(28(44)33(48)39-20-36)40-31(46)25-22(18-35(25)14-10-7-11-15-35)27(43)29(34(2,3)4)42-32(47)26(21-12-8-6-9-13-21)41-30(45)24-19-37-16-17-38-24/h16-17,19,21-23,25-26,29H,5-15,18,20H2,1-4H3,(H,39,48)(H,40,46)(H,41,45)(H,42,47)/t22?,23?,25?,26-,29+/m0/s1. The lowest BCUT2D eigenvalue weighted by molar-refractivity contribution is -0.162. The number of alkyl halides is 1. The first-order valence-electron chi connectivity index (χ1n) is 17.4. The summed E-state index contributed by atoms with van der Waals surface area (Å²) in [5.74, 6) is -5.40. The van der Waals surface area contributed by atoms with Gasteiger partial charge in [-0.1, -0.05) is 66.2 Å². The number of aromatic nitrogens is 2. The van der Waals surface area contributed by atoms with Crippen molar-refractivity contribution in [1.29, 1.82) is 0 Å². The Hall–Kier alpha value is -3.77. The normalized spacial score (nSPS) is 22.7. The van der Waals surface area contributed by atoms with E-state index in [1.165, 1.54) is 18.6 Å². The highest BCUT2D eigenvalue weighted by molar-refractivity contribution is 6.38. The van der Waals surface area contributed by atoms with Gasteiger partial charge in [-0.2, -0.15) is 0 Å². The summed E-state index contributed by atoms with van der Waals surface area (Å²) in [6, 6.07) is -3.02. The zero-order chi connectivity index (χ0) is 35.1. The van der Waals surface area contributed by atoms with Crippen LogP contribution in [0.5, 0.6) is 0 Å². The fourth-order valence-corrected chi connectivity index (χ4v) is 8.02. The van der Waals surface area contributed by atoms with Crippen LogP contribution in [0.2, 0.25) is 0 Å². The van der Waals surface area contributed by atoms with Gasteiger partial charge in [0.05, 0.1) is 24.2 Å². The zero-order valence-corrected chi connectivity index (χ0v) is 28.6. The molecule has 3 aliphatic rings. The lowest BCUT2D eigenvalue weighted by Gasteiger charge is -2.57. The van der Waals surface area contributed by atoms with Gasteiger partial charge in [0, 0.05) is 18.3 Å². The van der Waals surface area contributed by atoms with Crippen LogP contribution in [0.15, 0.2) is 18.6 Å². The van der Waals surface area contributed by atoms with Crippen molar-refractivity contribution in [2.75, 3.05) is 6.80 Å². The molecule has 13 heteroatoms. The molecule has 0 radical (unpaired) electrons. The molecule has 3 saturated carbocycles. The van der Waals surface area contributed by atoms with Gasteiger partial charge >= 0.3 is 0 Å². The summed E-state index contributed by atoms with van der Waals surface area (Å²) in [4.78, 5) is 88.5. The van der Waals surface area contributed by atoms with Crippen molar-refractivity contribution < 1.29 is 33.2 Å². The van der Waals surface area contributed by atoms with Crippen LogP contribution in [0.1, 0.15) is 115 Å². The largest absolute Gasteiger partial charge is 0.345 e. The first-order chi connectivity index (χ1) is 22.8. The Morgan fingerprint density at radius 1 is 0.938 bits per heavy atom. The minimum atomic E-state index is -1.21. The monoisotopic (exact) mass is 670 g/mol. The van der Waals surface area contributed by atoms with Gasteiger partial charge in [-0.3, -0.25) is 33.8 Å². The second kappa shape index (κ2) is 16.1. The quantitative estimate of drug-likeness (QED) is 0.182. The molecule has 0 saturated heterocycles. The van der Waals surface area contributed by atoms with Crippen LogP contribution in [0.3, 0.4) is 0 Å². The third kappa shape index (κ3) is 8.44. The van der Waals surface area contributed by atoms with Gasteiger partial charge in [-0.15, -0.1) is 0 Å². The van der Waals surface area contributed by atoms with Gasteiger partial charge in [0.1, 0.15) is 11.7 Å². The molecule has 48 heavy (non-hydrogen) atoms. The first kappa shape index (κ1) is 37.1. The molecule has 0 aromatic carbocycles. The molecular formula is C35H51FN6O6. The molecule has 4 N–H and O–H groups in total. The van der Waals surface area contributed by atoms with Gasteiger partial charge in [0.15, 0.2) is 12.6 Å². The van der Waals surface area contributed by atoms with E-state index >= 15 is 0 Å². The molecule has 0 aliphatic heterocycles. The van der Waals surface area contributed by atoms with Gasteiger partial charge in [0.25, 0.3) is 11.8 Å². The average molecular weight is 671 g/mol. The minimum absolute atomic E-state index is 0.0849. The van der Waals surface area contributed by atoms with Crippen molar-refractivity contribution in [1.82, 2.24) is 31.2 Å². The third-order valence-electron chi connectivity index (χ3n) is 10.6. The Kier molecular flexibility index (Phi) is 12.4. The van der Waals surface area contributed by atoms with Crippen LogP contribution in [0, 0.1) is 28.6 Å². The number of amides is 4. The van der Waals surface area contributed by atoms with Crippen LogP contribution in [0.4, 0.5) is 4.39 Å². The number of ketones is 2. The maximum absolute atomic E-state index is 14.5. The molecule has 1 spiro atoms. The Bertz CT molecular complexity index is 1340. The van der Waals surface area contributed by atoms with Gasteiger partial charge in [0.2, 0.25) is 17.6 Å². The molecule has 12 nitrogen and oxygen atoms in total. The molecule has 1 aromatic heterocycles. The molecule has 3 unspecified atom stereocenters. The number of nitrogens with one attached hydrogen (secondary N) is 4. The summed E-state index contributed by atoms with van der Waals surface area (Å²) >= 11 is 0. The van der Waals surface area contributed by atoms with E-state index in [0.717, 1.165) is 64.2 Å². The van der Waals surface area contributed by atoms with Crippen molar-refractivity contribution in [3.8, 4) is 0 Å². The minimum Gasteiger partial charge on any atom is -0.345 e.